The van der Waals surface area contributed by atoms with Crippen LogP contribution in [0.2, 0.25) is 5.02 Å². The summed E-state index contributed by atoms with van der Waals surface area (Å²) in [6.07, 6.45) is 0. The largest absolute Gasteiger partial charge is 0.351 e. The Kier molecular flexibility index (Phi) is 4.21. The summed E-state index contributed by atoms with van der Waals surface area (Å²) in [7, 11) is 0. The van der Waals surface area contributed by atoms with Gasteiger partial charge in [-0.15, -0.1) is 0 Å². The molecule has 23 heavy (non-hydrogen) atoms. The maximum absolute atomic E-state index is 12.3. The highest BCUT2D eigenvalue weighted by atomic mass is 35.5. The lowest BCUT2D eigenvalue weighted by molar-refractivity contribution is -0.115. The van der Waals surface area contributed by atoms with Gasteiger partial charge in [-0.3, -0.25) is 9.59 Å². The summed E-state index contributed by atoms with van der Waals surface area (Å²) in [4.78, 5) is 25.8. The molecule has 0 radical (unpaired) electrons. The molecule has 1 aliphatic heterocycles. The number of fused-ring (bicyclic) bond motifs is 1. The van der Waals surface area contributed by atoms with Crippen molar-refractivity contribution in [3.63, 3.8) is 0 Å². The number of carbonyl (C=O) groups excluding carboxylic acids is 2. The molecule has 0 saturated carbocycles. The Morgan fingerprint density at radius 3 is 2.87 bits per heavy atom. The second-order valence-corrected chi connectivity index (χ2v) is 5.86. The van der Waals surface area contributed by atoms with Gasteiger partial charge < -0.3 is 15.5 Å². The highest BCUT2D eigenvalue weighted by Gasteiger charge is 2.23. The van der Waals surface area contributed by atoms with Crippen LogP contribution < -0.4 is 15.5 Å². The topological polar surface area (TPSA) is 61.4 Å². The van der Waals surface area contributed by atoms with E-state index in [4.69, 9.17) is 11.6 Å². The second kappa shape index (κ2) is 6.30. The number of hydrogen-bond donors (Lipinski definition) is 2. The van der Waals surface area contributed by atoms with Crippen molar-refractivity contribution in [2.24, 2.45) is 0 Å². The molecule has 0 unspecified atom stereocenters. The second-order valence-electron chi connectivity index (χ2n) is 5.45. The molecular formula is C17H16ClN3O2. The zero-order valence-electron chi connectivity index (χ0n) is 12.6. The van der Waals surface area contributed by atoms with Crippen molar-refractivity contribution in [3.8, 4) is 0 Å². The molecule has 0 aliphatic carbocycles. The molecule has 0 fully saturated rings. The van der Waals surface area contributed by atoms with Crippen LogP contribution in [-0.2, 0) is 9.59 Å². The summed E-state index contributed by atoms with van der Waals surface area (Å²) in [6, 6.07) is 12.8. The van der Waals surface area contributed by atoms with Crippen molar-refractivity contribution >= 4 is 40.5 Å². The predicted molar refractivity (Wildman–Crippen MR) is 92.1 cm³/mol. The summed E-state index contributed by atoms with van der Waals surface area (Å²) in [5.41, 5.74) is 3.13. The van der Waals surface area contributed by atoms with Crippen LogP contribution in [0.25, 0.3) is 0 Å². The molecule has 1 heterocycles. The third-order valence-electron chi connectivity index (χ3n) is 3.59. The van der Waals surface area contributed by atoms with E-state index in [0.717, 1.165) is 11.3 Å². The lowest BCUT2D eigenvalue weighted by atomic mass is 10.2. The van der Waals surface area contributed by atoms with E-state index >= 15 is 0 Å². The molecule has 6 heteroatoms. The zero-order chi connectivity index (χ0) is 16.4. The van der Waals surface area contributed by atoms with Crippen LogP contribution in [0, 0.1) is 6.92 Å². The number of benzene rings is 2. The Morgan fingerprint density at radius 2 is 2.09 bits per heavy atom. The zero-order valence-corrected chi connectivity index (χ0v) is 13.4. The summed E-state index contributed by atoms with van der Waals surface area (Å²) in [5, 5.41) is 6.08. The fraction of sp³-hybridized carbons (Fsp3) is 0.176. The lowest BCUT2D eigenvalue weighted by Gasteiger charge is -2.30. The normalized spacial score (nSPS) is 13.3. The van der Waals surface area contributed by atoms with Crippen molar-refractivity contribution < 1.29 is 9.59 Å². The molecule has 1 aliphatic rings. The number of para-hydroxylation sites is 2. The monoisotopic (exact) mass is 329 g/mol. The molecule has 2 amide bonds. The fourth-order valence-electron chi connectivity index (χ4n) is 2.53. The minimum Gasteiger partial charge on any atom is -0.351 e. The Balaban J connectivity index is 1.74. The molecule has 0 aromatic heterocycles. The van der Waals surface area contributed by atoms with Gasteiger partial charge in [-0.25, -0.2) is 0 Å². The van der Waals surface area contributed by atoms with Gasteiger partial charge in [-0.05, 0) is 36.8 Å². The number of carbonyl (C=O) groups is 2. The highest BCUT2D eigenvalue weighted by Crippen LogP contribution is 2.29. The number of amides is 2. The molecule has 3 rings (SSSR count). The molecule has 0 spiro atoms. The number of halogens is 1. The molecule has 2 N–H and O–H groups in total. The maximum Gasteiger partial charge on any atom is 0.243 e. The first-order valence-electron chi connectivity index (χ1n) is 7.23. The molecule has 2 aromatic rings. The minimum absolute atomic E-state index is 0.0780. The van der Waals surface area contributed by atoms with E-state index in [2.05, 4.69) is 10.6 Å². The van der Waals surface area contributed by atoms with Gasteiger partial charge >= 0.3 is 0 Å². The van der Waals surface area contributed by atoms with Gasteiger partial charge in [0.05, 0.1) is 35.2 Å². The van der Waals surface area contributed by atoms with E-state index in [9.17, 15) is 9.59 Å². The molecule has 0 saturated heterocycles. The fourth-order valence-corrected chi connectivity index (χ4v) is 2.81. The Hall–Kier alpha value is -2.53. The van der Waals surface area contributed by atoms with Gasteiger partial charge in [-0.2, -0.15) is 0 Å². The van der Waals surface area contributed by atoms with Gasteiger partial charge in [0.1, 0.15) is 0 Å². The third-order valence-corrected chi connectivity index (χ3v) is 3.90. The predicted octanol–water partition coefficient (Wildman–Crippen LogP) is 3.05. The first kappa shape index (κ1) is 15.4. The number of nitrogens with zero attached hydrogens (tertiary/aromatic N) is 1. The summed E-state index contributed by atoms with van der Waals surface area (Å²) in [6.45, 7) is 2.15. The molecule has 2 aromatic carbocycles. The van der Waals surface area contributed by atoms with Crippen LogP contribution in [-0.4, -0.2) is 24.9 Å². The number of hydrogen-bond acceptors (Lipinski definition) is 3. The number of nitrogens with one attached hydrogen (secondary N) is 2. The average molecular weight is 330 g/mol. The molecule has 0 bridgehead atoms. The van der Waals surface area contributed by atoms with Gasteiger partial charge in [0.2, 0.25) is 11.8 Å². The van der Waals surface area contributed by atoms with E-state index in [1.165, 1.54) is 0 Å². The Bertz CT molecular complexity index is 776. The van der Waals surface area contributed by atoms with Crippen molar-refractivity contribution in [1.82, 2.24) is 0 Å². The summed E-state index contributed by atoms with van der Waals surface area (Å²) in [5.74, 6) is -0.356. The van der Waals surface area contributed by atoms with Gasteiger partial charge in [-0.1, -0.05) is 29.8 Å². The van der Waals surface area contributed by atoms with Gasteiger partial charge in [0.25, 0.3) is 0 Å². The summed E-state index contributed by atoms with van der Waals surface area (Å²) < 4.78 is 0. The first-order valence-corrected chi connectivity index (χ1v) is 7.60. The van der Waals surface area contributed by atoms with Crippen LogP contribution in [0.1, 0.15) is 5.56 Å². The Labute approximate surface area is 139 Å². The highest BCUT2D eigenvalue weighted by molar-refractivity contribution is 6.33. The van der Waals surface area contributed by atoms with E-state index in [-0.39, 0.29) is 24.9 Å². The van der Waals surface area contributed by atoms with Crippen molar-refractivity contribution in [2.45, 2.75) is 6.92 Å². The van der Waals surface area contributed by atoms with Gasteiger partial charge in [0, 0.05) is 0 Å². The van der Waals surface area contributed by atoms with Crippen LogP contribution in [0.5, 0.6) is 0 Å². The third kappa shape index (κ3) is 3.46. The smallest absolute Gasteiger partial charge is 0.243 e. The first-order chi connectivity index (χ1) is 11.0. The van der Waals surface area contributed by atoms with Crippen LogP contribution >= 0.6 is 11.6 Å². The van der Waals surface area contributed by atoms with Gasteiger partial charge in [0.15, 0.2) is 0 Å². The van der Waals surface area contributed by atoms with E-state index in [0.29, 0.717) is 16.4 Å². The van der Waals surface area contributed by atoms with E-state index < -0.39 is 0 Å². The molecule has 118 valence electrons. The minimum atomic E-state index is -0.222. The van der Waals surface area contributed by atoms with Crippen molar-refractivity contribution in [3.05, 3.63) is 53.1 Å². The SMILES string of the molecule is Cc1ccc(NC(=O)CN2CC(=O)Nc3ccccc32)c(Cl)c1. The Morgan fingerprint density at radius 1 is 1.30 bits per heavy atom. The van der Waals surface area contributed by atoms with Crippen LogP contribution in [0.4, 0.5) is 17.1 Å². The maximum atomic E-state index is 12.3. The molecular weight excluding hydrogens is 314 g/mol. The number of anilines is 3. The standard InChI is InChI=1S/C17H16ClN3O2/c1-11-6-7-13(12(18)8-11)19-16(22)9-21-10-17(23)20-14-4-2-3-5-15(14)21/h2-8H,9-10H2,1H3,(H,19,22)(H,20,23). The van der Waals surface area contributed by atoms with Crippen LogP contribution in [0.15, 0.2) is 42.5 Å². The average Bonchev–Trinajstić information content (AvgIpc) is 2.50. The number of rotatable bonds is 3. The van der Waals surface area contributed by atoms with Crippen LogP contribution in [0.3, 0.4) is 0 Å². The molecule has 0 atom stereocenters. The lowest BCUT2D eigenvalue weighted by Crippen LogP contribution is -2.42. The van der Waals surface area contributed by atoms with E-state index in [1.54, 1.807) is 17.0 Å². The quantitative estimate of drug-likeness (QED) is 0.909. The van der Waals surface area contributed by atoms with E-state index in [1.807, 2.05) is 37.3 Å². The van der Waals surface area contributed by atoms with Crippen molar-refractivity contribution in [1.29, 1.82) is 0 Å². The molecule has 5 nitrogen and oxygen atoms in total. The number of aryl methyl sites for hydroxylation is 1. The summed E-state index contributed by atoms with van der Waals surface area (Å²) >= 11 is 6.13. The van der Waals surface area contributed by atoms with Crippen molar-refractivity contribution in [2.75, 3.05) is 28.6 Å².